The van der Waals surface area contributed by atoms with Crippen LogP contribution < -0.4 is 5.32 Å². The molecule has 0 bridgehead atoms. The van der Waals surface area contributed by atoms with Crippen LogP contribution >= 0.6 is 0 Å². The van der Waals surface area contributed by atoms with E-state index >= 15 is 0 Å². The van der Waals surface area contributed by atoms with E-state index in [1.165, 1.54) is 12.0 Å². The number of amides is 1. The summed E-state index contributed by atoms with van der Waals surface area (Å²) in [6.07, 6.45) is 2.56. The first-order valence-corrected chi connectivity index (χ1v) is 9.17. The molecule has 134 valence electrons. The second-order valence-corrected chi connectivity index (χ2v) is 6.86. The number of aromatic nitrogens is 1. The molecule has 3 aromatic rings. The van der Waals surface area contributed by atoms with Gasteiger partial charge in [-0.05, 0) is 37.1 Å². The average molecular weight is 349 g/mol. The molecule has 0 aliphatic carbocycles. The maximum Gasteiger partial charge on any atom is 0.226 e. The number of nitrogens with one attached hydrogen (secondary N) is 1. The van der Waals surface area contributed by atoms with Crippen molar-refractivity contribution in [3.8, 4) is 0 Å². The molecule has 1 aromatic heterocycles. The maximum atomic E-state index is 12.4. The quantitative estimate of drug-likeness (QED) is 0.743. The predicted molar refractivity (Wildman–Crippen MR) is 101 cm³/mol. The molecule has 1 aliphatic heterocycles. The SMILES string of the molecule is O=C(Cc1noc2ccccc12)NC[C@@H]1CCCN1Cc1ccccc1. The van der Waals surface area contributed by atoms with Crippen molar-refractivity contribution < 1.29 is 9.32 Å². The monoisotopic (exact) mass is 349 g/mol. The first-order chi connectivity index (χ1) is 12.8. The third-order valence-electron chi connectivity index (χ3n) is 5.04. The fourth-order valence-electron chi connectivity index (χ4n) is 3.66. The van der Waals surface area contributed by atoms with Gasteiger partial charge in [0.25, 0.3) is 0 Å². The topological polar surface area (TPSA) is 58.4 Å². The second kappa shape index (κ2) is 7.70. The largest absolute Gasteiger partial charge is 0.356 e. The summed E-state index contributed by atoms with van der Waals surface area (Å²) in [6, 6.07) is 18.5. The molecule has 5 nitrogen and oxygen atoms in total. The van der Waals surface area contributed by atoms with Crippen LogP contribution in [0.5, 0.6) is 0 Å². The van der Waals surface area contributed by atoms with Gasteiger partial charge in [0.1, 0.15) is 5.69 Å². The molecule has 1 saturated heterocycles. The van der Waals surface area contributed by atoms with Crippen molar-refractivity contribution in [2.45, 2.75) is 31.8 Å². The van der Waals surface area contributed by atoms with Crippen molar-refractivity contribution in [1.29, 1.82) is 0 Å². The van der Waals surface area contributed by atoms with Gasteiger partial charge < -0.3 is 9.84 Å². The van der Waals surface area contributed by atoms with Gasteiger partial charge in [0.05, 0.1) is 6.42 Å². The van der Waals surface area contributed by atoms with Crippen molar-refractivity contribution in [2.24, 2.45) is 0 Å². The summed E-state index contributed by atoms with van der Waals surface area (Å²) >= 11 is 0. The zero-order valence-electron chi connectivity index (χ0n) is 14.7. The van der Waals surface area contributed by atoms with Gasteiger partial charge >= 0.3 is 0 Å². The van der Waals surface area contributed by atoms with Crippen LogP contribution in [0.3, 0.4) is 0 Å². The van der Waals surface area contributed by atoms with Crippen LogP contribution in [0, 0.1) is 0 Å². The van der Waals surface area contributed by atoms with E-state index in [0.717, 1.165) is 30.5 Å². The van der Waals surface area contributed by atoms with Gasteiger partial charge in [0, 0.05) is 24.5 Å². The number of likely N-dealkylation sites (tertiary alicyclic amines) is 1. The lowest BCUT2D eigenvalue weighted by atomic mass is 10.1. The van der Waals surface area contributed by atoms with Crippen LogP contribution in [0.2, 0.25) is 0 Å². The summed E-state index contributed by atoms with van der Waals surface area (Å²) in [7, 11) is 0. The molecular formula is C21H23N3O2. The van der Waals surface area contributed by atoms with E-state index in [0.29, 0.717) is 18.3 Å². The van der Waals surface area contributed by atoms with Crippen LogP contribution in [-0.2, 0) is 17.8 Å². The molecule has 1 atom stereocenters. The van der Waals surface area contributed by atoms with Gasteiger partial charge in [-0.3, -0.25) is 9.69 Å². The first kappa shape index (κ1) is 16.8. The average Bonchev–Trinajstić information content (AvgIpc) is 3.28. The van der Waals surface area contributed by atoms with E-state index < -0.39 is 0 Å². The van der Waals surface area contributed by atoms with Gasteiger partial charge in [-0.2, -0.15) is 0 Å². The van der Waals surface area contributed by atoms with E-state index in [9.17, 15) is 4.79 Å². The van der Waals surface area contributed by atoms with Crippen LogP contribution in [0.1, 0.15) is 24.1 Å². The van der Waals surface area contributed by atoms with E-state index in [4.69, 9.17) is 4.52 Å². The Bertz CT molecular complexity index is 875. The smallest absolute Gasteiger partial charge is 0.226 e. The number of hydrogen-bond acceptors (Lipinski definition) is 4. The highest BCUT2D eigenvalue weighted by Crippen LogP contribution is 2.20. The molecule has 5 heteroatoms. The van der Waals surface area contributed by atoms with Crippen LogP contribution in [0.4, 0.5) is 0 Å². The van der Waals surface area contributed by atoms with Crippen LogP contribution in [0.25, 0.3) is 11.0 Å². The van der Waals surface area contributed by atoms with E-state index in [1.54, 1.807) is 0 Å². The Morgan fingerprint density at radius 3 is 2.85 bits per heavy atom. The highest BCUT2D eigenvalue weighted by atomic mass is 16.5. The third kappa shape index (κ3) is 3.78. The van der Waals surface area contributed by atoms with Crippen LogP contribution in [-0.4, -0.2) is 35.1 Å². The summed E-state index contributed by atoms with van der Waals surface area (Å²) in [4.78, 5) is 14.8. The van der Waals surface area contributed by atoms with Crippen molar-refractivity contribution in [3.63, 3.8) is 0 Å². The zero-order valence-corrected chi connectivity index (χ0v) is 14.7. The molecule has 0 spiro atoms. The Morgan fingerprint density at radius 1 is 1.15 bits per heavy atom. The van der Waals surface area contributed by atoms with Gasteiger partial charge in [-0.15, -0.1) is 0 Å². The van der Waals surface area contributed by atoms with Crippen molar-refractivity contribution in [3.05, 3.63) is 65.9 Å². The van der Waals surface area contributed by atoms with Gasteiger partial charge in [0.2, 0.25) is 5.91 Å². The lowest BCUT2D eigenvalue weighted by molar-refractivity contribution is -0.120. The minimum atomic E-state index is -0.00406. The Kier molecular flexibility index (Phi) is 4.97. The zero-order chi connectivity index (χ0) is 17.8. The predicted octanol–water partition coefficient (Wildman–Crippen LogP) is 3.15. The van der Waals surface area contributed by atoms with Gasteiger partial charge in [-0.25, -0.2) is 0 Å². The molecule has 0 unspecified atom stereocenters. The standard InChI is InChI=1S/C21H23N3O2/c25-21(13-19-18-10-4-5-11-20(18)26-23-19)22-14-17-9-6-12-24(17)15-16-7-2-1-3-8-16/h1-5,7-8,10-11,17H,6,9,12-15H2,(H,22,25)/t17-/m0/s1. The highest BCUT2D eigenvalue weighted by molar-refractivity contribution is 5.86. The molecule has 1 N–H and O–H groups in total. The van der Waals surface area contributed by atoms with E-state index in [-0.39, 0.29) is 12.3 Å². The molecule has 0 radical (unpaired) electrons. The molecule has 0 saturated carbocycles. The maximum absolute atomic E-state index is 12.4. The second-order valence-electron chi connectivity index (χ2n) is 6.86. The normalized spacial score (nSPS) is 17.6. The number of carbonyl (C=O) groups excluding carboxylic acids is 1. The van der Waals surface area contributed by atoms with Crippen molar-refractivity contribution >= 4 is 16.9 Å². The van der Waals surface area contributed by atoms with Gasteiger partial charge in [-0.1, -0.05) is 47.6 Å². The first-order valence-electron chi connectivity index (χ1n) is 9.17. The lowest BCUT2D eigenvalue weighted by Crippen LogP contribution is -2.40. The minimum Gasteiger partial charge on any atom is -0.356 e. The number of fused-ring (bicyclic) bond motifs is 1. The third-order valence-corrected chi connectivity index (χ3v) is 5.04. The number of nitrogens with zero attached hydrogens (tertiary/aromatic N) is 2. The minimum absolute atomic E-state index is 0.00406. The fraction of sp³-hybridized carbons (Fsp3) is 0.333. The summed E-state index contributed by atoms with van der Waals surface area (Å²) < 4.78 is 5.27. The van der Waals surface area contributed by atoms with Crippen molar-refractivity contribution in [2.75, 3.05) is 13.1 Å². The Balaban J connectivity index is 1.32. The number of rotatable bonds is 6. The Labute approximate surface area is 153 Å². The molecule has 26 heavy (non-hydrogen) atoms. The number of benzene rings is 2. The summed E-state index contributed by atoms with van der Waals surface area (Å²) in [5.41, 5.74) is 2.74. The Morgan fingerprint density at radius 2 is 1.96 bits per heavy atom. The Hall–Kier alpha value is -2.66. The summed E-state index contributed by atoms with van der Waals surface area (Å²) in [6.45, 7) is 2.71. The van der Waals surface area contributed by atoms with E-state index in [1.807, 2.05) is 30.3 Å². The number of hydrogen-bond donors (Lipinski definition) is 1. The van der Waals surface area contributed by atoms with Crippen LogP contribution in [0.15, 0.2) is 59.1 Å². The number of carbonyl (C=O) groups is 1. The molecular weight excluding hydrogens is 326 g/mol. The molecule has 4 rings (SSSR count). The summed E-state index contributed by atoms with van der Waals surface area (Å²) in [5.74, 6) is -0.00406. The van der Waals surface area contributed by atoms with Crippen molar-refractivity contribution in [1.82, 2.24) is 15.4 Å². The molecule has 2 heterocycles. The molecule has 1 fully saturated rings. The fourth-order valence-corrected chi connectivity index (χ4v) is 3.66. The summed E-state index contributed by atoms with van der Waals surface area (Å²) in [5, 5.41) is 8.03. The van der Waals surface area contributed by atoms with Gasteiger partial charge in [0.15, 0.2) is 5.58 Å². The highest BCUT2D eigenvalue weighted by Gasteiger charge is 2.25. The lowest BCUT2D eigenvalue weighted by Gasteiger charge is -2.24. The molecule has 1 amide bonds. The number of para-hydroxylation sites is 1. The molecule has 1 aliphatic rings. The van der Waals surface area contributed by atoms with E-state index in [2.05, 4.69) is 39.6 Å². The molecule has 2 aromatic carbocycles.